The van der Waals surface area contributed by atoms with Crippen LogP contribution in [-0.2, 0) is 6.54 Å². The van der Waals surface area contributed by atoms with E-state index in [9.17, 15) is 4.39 Å². The van der Waals surface area contributed by atoms with Crippen molar-refractivity contribution in [3.8, 4) is 11.5 Å². The van der Waals surface area contributed by atoms with Crippen molar-refractivity contribution in [3.63, 3.8) is 0 Å². The van der Waals surface area contributed by atoms with Crippen LogP contribution in [0.15, 0.2) is 40.9 Å². The molecule has 6 heteroatoms. The summed E-state index contributed by atoms with van der Waals surface area (Å²) in [5.74, 6) is 1.44. The van der Waals surface area contributed by atoms with Crippen LogP contribution >= 0.6 is 15.9 Å². The molecule has 0 saturated carbocycles. The maximum Gasteiger partial charge on any atom is 0.136 e. The Balaban J connectivity index is 1.64. The molecule has 2 aromatic carbocycles. The molecule has 0 aromatic heterocycles. The summed E-state index contributed by atoms with van der Waals surface area (Å²) in [6, 6.07) is 10.8. The van der Waals surface area contributed by atoms with Gasteiger partial charge >= 0.3 is 0 Å². The largest absolute Gasteiger partial charge is 0.496 e. The van der Waals surface area contributed by atoms with Crippen molar-refractivity contribution in [1.29, 1.82) is 0 Å². The first kappa shape index (κ1) is 18.0. The summed E-state index contributed by atoms with van der Waals surface area (Å²) >= 11 is 3.55. The van der Waals surface area contributed by atoms with Crippen LogP contribution in [-0.4, -0.2) is 40.4 Å². The van der Waals surface area contributed by atoms with Crippen LogP contribution in [0.25, 0.3) is 0 Å². The molecule has 4 nitrogen and oxygen atoms in total. The van der Waals surface area contributed by atoms with Gasteiger partial charge in [0.25, 0.3) is 0 Å². The van der Waals surface area contributed by atoms with Crippen LogP contribution in [0.2, 0.25) is 0 Å². The molecule has 0 amide bonds. The standard InChI is InChI=1S/C19H22BrFN2O2/c1-24-18-12-19(25-2)17(20)11-14(18)13-22-7-9-23(10-8-22)16-5-3-15(21)4-6-16/h3-6,11-12H,7-10,13H2,1-2H3/p+1. The number of nitrogens with one attached hydrogen (secondary N) is 1. The van der Waals surface area contributed by atoms with Crippen molar-refractivity contribution in [2.24, 2.45) is 0 Å². The Labute approximate surface area is 156 Å². The molecule has 0 unspecified atom stereocenters. The number of ether oxygens (including phenoxy) is 2. The van der Waals surface area contributed by atoms with Gasteiger partial charge in [-0.2, -0.15) is 0 Å². The summed E-state index contributed by atoms with van der Waals surface area (Å²) < 4.78 is 24.9. The van der Waals surface area contributed by atoms with Crippen molar-refractivity contribution in [1.82, 2.24) is 0 Å². The Morgan fingerprint density at radius 2 is 1.68 bits per heavy atom. The zero-order valence-corrected chi connectivity index (χ0v) is 16.1. The van der Waals surface area contributed by atoms with E-state index in [-0.39, 0.29) is 5.82 Å². The van der Waals surface area contributed by atoms with Crippen molar-refractivity contribution in [2.45, 2.75) is 6.54 Å². The smallest absolute Gasteiger partial charge is 0.136 e. The van der Waals surface area contributed by atoms with E-state index in [2.05, 4.69) is 26.9 Å². The number of hydrogen-bond acceptors (Lipinski definition) is 3. The Morgan fingerprint density at radius 3 is 2.28 bits per heavy atom. The van der Waals surface area contributed by atoms with E-state index in [0.29, 0.717) is 0 Å². The summed E-state index contributed by atoms with van der Waals surface area (Å²) in [5, 5.41) is 0. The van der Waals surface area contributed by atoms with Gasteiger partial charge in [-0.3, -0.25) is 0 Å². The lowest BCUT2D eigenvalue weighted by Gasteiger charge is -2.34. The molecule has 0 radical (unpaired) electrons. The Kier molecular flexibility index (Phi) is 5.81. The minimum atomic E-state index is -0.190. The minimum absolute atomic E-state index is 0.190. The zero-order chi connectivity index (χ0) is 17.8. The highest BCUT2D eigenvalue weighted by atomic mass is 79.9. The number of rotatable bonds is 5. The lowest BCUT2D eigenvalue weighted by atomic mass is 10.1. The molecule has 3 rings (SSSR count). The summed E-state index contributed by atoms with van der Waals surface area (Å²) in [6.07, 6.45) is 0. The van der Waals surface area contributed by atoms with E-state index >= 15 is 0 Å². The molecule has 134 valence electrons. The van der Waals surface area contributed by atoms with E-state index in [1.807, 2.05) is 18.2 Å². The number of halogens is 2. The first-order chi connectivity index (χ1) is 12.1. The fraction of sp³-hybridized carbons (Fsp3) is 0.368. The number of nitrogens with zero attached hydrogens (tertiary/aromatic N) is 1. The van der Waals surface area contributed by atoms with Crippen molar-refractivity contribution in [2.75, 3.05) is 45.3 Å². The predicted octanol–water partition coefficient (Wildman–Crippen LogP) is 2.51. The Bertz CT molecular complexity index is 716. The number of benzene rings is 2. The van der Waals surface area contributed by atoms with Crippen molar-refractivity contribution in [3.05, 3.63) is 52.3 Å². The van der Waals surface area contributed by atoms with Gasteiger partial charge in [0.1, 0.15) is 23.9 Å². The lowest BCUT2D eigenvalue weighted by Crippen LogP contribution is -3.13. The number of methoxy groups -OCH3 is 2. The molecule has 0 spiro atoms. The predicted molar refractivity (Wildman–Crippen MR) is 100 cm³/mol. The maximum atomic E-state index is 13.1. The summed E-state index contributed by atoms with van der Waals surface area (Å²) in [5.41, 5.74) is 2.26. The normalized spacial score (nSPS) is 15.3. The molecule has 1 saturated heterocycles. The van der Waals surface area contributed by atoms with Gasteiger partial charge in [-0.1, -0.05) is 0 Å². The SMILES string of the molecule is COc1cc(OC)c(C[NH+]2CCN(c3ccc(F)cc3)CC2)cc1Br. The summed E-state index contributed by atoms with van der Waals surface area (Å²) in [6.45, 7) is 4.89. The minimum Gasteiger partial charge on any atom is -0.496 e. The molecular formula is C19H23BrFN2O2+. The first-order valence-corrected chi connectivity index (χ1v) is 9.14. The number of hydrogen-bond donors (Lipinski definition) is 1. The average Bonchev–Trinajstić information content (AvgIpc) is 2.63. The van der Waals surface area contributed by atoms with E-state index in [4.69, 9.17) is 9.47 Å². The molecule has 1 heterocycles. The Morgan fingerprint density at radius 1 is 1.04 bits per heavy atom. The zero-order valence-electron chi connectivity index (χ0n) is 14.5. The van der Waals surface area contributed by atoms with Crippen LogP contribution in [0, 0.1) is 5.82 Å². The van der Waals surface area contributed by atoms with Crippen LogP contribution < -0.4 is 19.3 Å². The van der Waals surface area contributed by atoms with E-state index in [1.165, 1.54) is 22.6 Å². The molecule has 0 atom stereocenters. The fourth-order valence-electron chi connectivity index (χ4n) is 3.24. The van der Waals surface area contributed by atoms with E-state index in [1.54, 1.807) is 14.2 Å². The molecule has 1 N–H and O–H groups in total. The van der Waals surface area contributed by atoms with Gasteiger partial charge in [0.15, 0.2) is 0 Å². The third kappa shape index (κ3) is 4.25. The Hall–Kier alpha value is -1.79. The first-order valence-electron chi connectivity index (χ1n) is 8.35. The number of quaternary nitrogens is 1. The quantitative estimate of drug-likeness (QED) is 0.821. The molecule has 1 fully saturated rings. The molecule has 1 aliphatic heterocycles. The molecule has 2 aromatic rings. The van der Waals surface area contributed by atoms with Crippen LogP contribution in [0.5, 0.6) is 11.5 Å². The lowest BCUT2D eigenvalue weighted by molar-refractivity contribution is -0.914. The molecule has 0 bridgehead atoms. The summed E-state index contributed by atoms with van der Waals surface area (Å²) in [7, 11) is 3.34. The molecular weight excluding hydrogens is 387 g/mol. The van der Waals surface area contributed by atoms with E-state index in [0.717, 1.165) is 54.4 Å². The van der Waals surface area contributed by atoms with Gasteiger partial charge in [0.05, 0.1) is 44.9 Å². The summed E-state index contributed by atoms with van der Waals surface area (Å²) in [4.78, 5) is 3.82. The highest BCUT2D eigenvalue weighted by molar-refractivity contribution is 9.10. The van der Waals surface area contributed by atoms with Gasteiger partial charge < -0.3 is 19.3 Å². The van der Waals surface area contributed by atoms with Crippen molar-refractivity contribution < 1.29 is 18.8 Å². The van der Waals surface area contributed by atoms with Gasteiger partial charge in [-0.15, -0.1) is 0 Å². The van der Waals surface area contributed by atoms with E-state index < -0.39 is 0 Å². The molecule has 1 aliphatic rings. The van der Waals surface area contributed by atoms with Gasteiger partial charge in [0.2, 0.25) is 0 Å². The third-order valence-corrected chi connectivity index (χ3v) is 5.28. The van der Waals surface area contributed by atoms with Crippen LogP contribution in [0.3, 0.4) is 0 Å². The van der Waals surface area contributed by atoms with Crippen LogP contribution in [0.4, 0.5) is 10.1 Å². The number of piperazine rings is 1. The second-order valence-electron chi connectivity index (χ2n) is 6.19. The molecule has 25 heavy (non-hydrogen) atoms. The highest BCUT2D eigenvalue weighted by Crippen LogP contribution is 2.32. The van der Waals surface area contributed by atoms with Gasteiger partial charge in [0, 0.05) is 17.3 Å². The van der Waals surface area contributed by atoms with Crippen molar-refractivity contribution >= 4 is 21.6 Å². The second kappa shape index (κ2) is 8.06. The average molecular weight is 410 g/mol. The third-order valence-electron chi connectivity index (χ3n) is 4.66. The maximum absolute atomic E-state index is 13.1. The van der Waals surface area contributed by atoms with Gasteiger partial charge in [-0.25, -0.2) is 4.39 Å². The van der Waals surface area contributed by atoms with Crippen LogP contribution in [0.1, 0.15) is 5.56 Å². The fourth-order valence-corrected chi connectivity index (χ4v) is 3.79. The van der Waals surface area contributed by atoms with Gasteiger partial charge in [-0.05, 0) is 46.3 Å². The topological polar surface area (TPSA) is 26.1 Å². The monoisotopic (exact) mass is 409 g/mol. The second-order valence-corrected chi connectivity index (χ2v) is 7.04. The highest BCUT2D eigenvalue weighted by Gasteiger charge is 2.22. The number of anilines is 1. The molecule has 0 aliphatic carbocycles.